The van der Waals surface area contributed by atoms with E-state index < -0.39 is 0 Å². The maximum absolute atomic E-state index is 9.03. The Hall–Kier alpha value is -1.05. The van der Waals surface area contributed by atoms with Crippen LogP contribution in [0.4, 0.5) is 5.69 Å². The van der Waals surface area contributed by atoms with E-state index in [2.05, 4.69) is 32.2 Å². The van der Waals surface area contributed by atoms with E-state index in [9.17, 15) is 0 Å². The van der Waals surface area contributed by atoms with E-state index >= 15 is 0 Å². The van der Waals surface area contributed by atoms with Gasteiger partial charge in [0.25, 0.3) is 0 Å². The number of hydrogen-bond donors (Lipinski definition) is 1. The highest BCUT2D eigenvalue weighted by molar-refractivity contribution is 9.10. The highest BCUT2D eigenvalue weighted by Crippen LogP contribution is 2.20. The van der Waals surface area contributed by atoms with Gasteiger partial charge >= 0.3 is 0 Å². The summed E-state index contributed by atoms with van der Waals surface area (Å²) in [6.45, 7) is 4.39. The van der Waals surface area contributed by atoms with Crippen LogP contribution in [0, 0.1) is 11.3 Å². The number of rotatable bonds is 4. The molecular weight excluding hydrogens is 278 g/mol. The van der Waals surface area contributed by atoms with Crippen molar-refractivity contribution < 1.29 is 0 Å². The number of likely N-dealkylation sites (tertiary alicyclic amines) is 1. The Kier molecular flexibility index (Phi) is 4.41. The molecule has 0 radical (unpaired) electrons. The molecule has 1 aromatic rings. The lowest BCUT2D eigenvalue weighted by atomic mass is 10.2. The maximum Gasteiger partial charge on any atom is 0.101 e. The molecule has 90 valence electrons. The Balaban J connectivity index is 1.88. The molecule has 1 saturated heterocycles. The van der Waals surface area contributed by atoms with E-state index in [1.807, 2.05) is 18.2 Å². The summed E-state index contributed by atoms with van der Waals surface area (Å²) in [6.07, 6.45) is 2.64. The van der Waals surface area contributed by atoms with E-state index in [0.717, 1.165) is 23.2 Å². The van der Waals surface area contributed by atoms with Gasteiger partial charge in [-0.15, -0.1) is 0 Å². The van der Waals surface area contributed by atoms with Crippen molar-refractivity contribution in [2.24, 2.45) is 0 Å². The Morgan fingerprint density at radius 2 is 2.12 bits per heavy atom. The van der Waals surface area contributed by atoms with Gasteiger partial charge in [0, 0.05) is 17.6 Å². The van der Waals surface area contributed by atoms with Crippen molar-refractivity contribution in [2.45, 2.75) is 12.8 Å². The van der Waals surface area contributed by atoms with Crippen LogP contribution in [-0.4, -0.2) is 31.1 Å². The molecule has 1 aliphatic heterocycles. The van der Waals surface area contributed by atoms with Crippen molar-refractivity contribution >= 4 is 21.6 Å². The Morgan fingerprint density at radius 3 is 2.82 bits per heavy atom. The van der Waals surface area contributed by atoms with E-state index in [0.29, 0.717) is 5.56 Å². The molecule has 1 aromatic carbocycles. The zero-order chi connectivity index (χ0) is 12.1. The van der Waals surface area contributed by atoms with Crippen LogP contribution in [0.3, 0.4) is 0 Å². The molecule has 0 amide bonds. The third-order valence-corrected chi connectivity index (χ3v) is 3.54. The van der Waals surface area contributed by atoms with E-state index in [1.165, 1.54) is 25.9 Å². The summed E-state index contributed by atoms with van der Waals surface area (Å²) in [7, 11) is 0. The molecule has 3 nitrogen and oxygen atoms in total. The maximum atomic E-state index is 9.03. The molecule has 0 unspecified atom stereocenters. The van der Waals surface area contributed by atoms with Gasteiger partial charge in [0.15, 0.2) is 0 Å². The molecule has 0 bridgehead atoms. The normalized spacial score (nSPS) is 15.8. The average Bonchev–Trinajstić information content (AvgIpc) is 2.84. The second kappa shape index (κ2) is 6.04. The summed E-state index contributed by atoms with van der Waals surface area (Å²) in [5, 5.41) is 12.4. The summed E-state index contributed by atoms with van der Waals surface area (Å²) in [5.74, 6) is 0. The molecular formula is C13H16BrN3. The first-order valence-corrected chi connectivity index (χ1v) is 6.75. The minimum absolute atomic E-state index is 0.695. The first-order valence-electron chi connectivity index (χ1n) is 5.95. The van der Waals surface area contributed by atoms with Gasteiger partial charge in [0.1, 0.15) is 6.07 Å². The molecule has 1 fully saturated rings. The van der Waals surface area contributed by atoms with Gasteiger partial charge in [-0.05, 0) is 44.1 Å². The van der Waals surface area contributed by atoms with Crippen LogP contribution in [0.25, 0.3) is 0 Å². The van der Waals surface area contributed by atoms with Gasteiger partial charge < -0.3 is 10.2 Å². The summed E-state index contributed by atoms with van der Waals surface area (Å²) in [5.41, 5.74) is 1.62. The molecule has 2 rings (SSSR count). The second-order valence-electron chi connectivity index (χ2n) is 4.28. The smallest absolute Gasteiger partial charge is 0.101 e. The van der Waals surface area contributed by atoms with Crippen molar-refractivity contribution in [3.05, 3.63) is 28.2 Å². The zero-order valence-electron chi connectivity index (χ0n) is 9.75. The van der Waals surface area contributed by atoms with E-state index in [4.69, 9.17) is 5.26 Å². The first kappa shape index (κ1) is 12.4. The van der Waals surface area contributed by atoms with E-state index in [1.54, 1.807) is 0 Å². The third kappa shape index (κ3) is 3.45. The SMILES string of the molecule is N#Cc1cc(Br)ccc1NCCN1CCCC1. The van der Waals surface area contributed by atoms with Gasteiger partial charge in [-0.3, -0.25) is 0 Å². The molecule has 1 N–H and O–H groups in total. The number of nitriles is 1. The van der Waals surface area contributed by atoms with Crippen LogP contribution >= 0.6 is 15.9 Å². The molecule has 1 aliphatic rings. The van der Waals surface area contributed by atoms with Crippen LogP contribution < -0.4 is 5.32 Å². The van der Waals surface area contributed by atoms with Crippen LogP contribution in [-0.2, 0) is 0 Å². The van der Waals surface area contributed by atoms with Gasteiger partial charge in [-0.2, -0.15) is 5.26 Å². The number of nitrogens with one attached hydrogen (secondary N) is 1. The second-order valence-corrected chi connectivity index (χ2v) is 5.19. The number of benzene rings is 1. The van der Waals surface area contributed by atoms with Crippen molar-refractivity contribution in [3.63, 3.8) is 0 Å². The number of nitrogens with zero attached hydrogens (tertiary/aromatic N) is 2. The van der Waals surface area contributed by atoms with Crippen LogP contribution in [0.15, 0.2) is 22.7 Å². The Bertz CT molecular complexity index is 419. The molecule has 0 aromatic heterocycles. The summed E-state index contributed by atoms with van der Waals surface area (Å²) < 4.78 is 0.944. The topological polar surface area (TPSA) is 39.1 Å². The Labute approximate surface area is 111 Å². The average molecular weight is 294 g/mol. The van der Waals surface area contributed by atoms with Gasteiger partial charge in [0.2, 0.25) is 0 Å². The van der Waals surface area contributed by atoms with Crippen LogP contribution in [0.5, 0.6) is 0 Å². The van der Waals surface area contributed by atoms with Crippen molar-refractivity contribution in [1.29, 1.82) is 5.26 Å². The first-order chi connectivity index (χ1) is 8.29. The van der Waals surface area contributed by atoms with Crippen molar-refractivity contribution in [2.75, 3.05) is 31.5 Å². The Morgan fingerprint density at radius 1 is 1.35 bits per heavy atom. The molecule has 1 heterocycles. The lowest BCUT2D eigenvalue weighted by Gasteiger charge is -2.15. The molecule has 4 heteroatoms. The zero-order valence-corrected chi connectivity index (χ0v) is 11.3. The summed E-state index contributed by atoms with van der Waals surface area (Å²) in [4.78, 5) is 2.46. The molecule has 0 atom stereocenters. The minimum atomic E-state index is 0.695. The number of hydrogen-bond acceptors (Lipinski definition) is 3. The highest BCUT2D eigenvalue weighted by atomic mass is 79.9. The molecule has 0 saturated carbocycles. The fraction of sp³-hybridized carbons (Fsp3) is 0.462. The fourth-order valence-electron chi connectivity index (χ4n) is 2.12. The summed E-state index contributed by atoms with van der Waals surface area (Å²) in [6, 6.07) is 7.96. The number of halogens is 1. The lowest BCUT2D eigenvalue weighted by molar-refractivity contribution is 0.352. The summed E-state index contributed by atoms with van der Waals surface area (Å²) >= 11 is 3.37. The van der Waals surface area contributed by atoms with Crippen molar-refractivity contribution in [1.82, 2.24) is 4.90 Å². The van der Waals surface area contributed by atoms with Gasteiger partial charge in [-0.1, -0.05) is 15.9 Å². The van der Waals surface area contributed by atoms with Crippen molar-refractivity contribution in [3.8, 4) is 6.07 Å². The van der Waals surface area contributed by atoms with Crippen LogP contribution in [0.1, 0.15) is 18.4 Å². The lowest BCUT2D eigenvalue weighted by Crippen LogP contribution is -2.26. The minimum Gasteiger partial charge on any atom is -0.383 e. The molecule has 0 spiro atoms. The molecule has 17 heavy (non-hydrogen) atoms. The third-order valence-electron chi connectivity index (χ3n) is 3.04. The predicted octanol–water partition coefficient (Wildman–Crippen LogP) is 2.83. The number of anilines is 1. The quantitative estimate of drug-likeness (QED) is 0.928. The highest BCUT2D eigenvalue weighted by Gasteiger charge is 2.10. The molecule has 0 aliphatic carbocycles. The largest absolute Gasteiger partial charge is 0.383 e. The monoisotopic (exact) mass is 293 g/mol. The van der Waals surface area contributed by atoms with E-state index in [-0.39, 0.29) is 0 Å². The van der Waals surface area contributed by atoms with Gasteiger partial charge in [0.05, 0.1) is 11.3 Å². The van der Waals surface area contributed by atoms with Gasteiger partial charge in [-0.25, -0.2) is 0 Å². The fourth-order valence-corrected chi connectivity index (χ4v) is 2.48. The standard InChI is InChI=1S/C13H16BrN3/c14-12-3-4-13(11(9-12)10-15)16-5-8-17-6-1-2-7-17/h3-4,9,16H,1-2,5-8H2. The predicted molar refractivity (Wildman–Crippen MR) is 73.0 cm³/mol. The van der Waals surface area contributed by atoms with Crippen LogP contribution in [0.2, 0.25) is 0 Å².